The van der Waals surface area contributed by atoms with E-state index in [2.05, 4.69) is 10.6 Å². The van der Waals surface area contributed by atoms with Crippen molar-refractivity contribution in [1.29, 1.82) is 0 Å². The Morgan fingerprint density at radius 2 is 1.79 bits per heavy atom. The molecule has 1 heterocycles. The summed E-state index contributed by atoms with van der Waals surface area (Å²) in [4.78, 5) is 25.1. The van der Waals surface area contributed by atoms with Gasteiger partial charge in [-0.25, -0.2) is 4.79 Å². The molecule has 24 heavy (non-hydrogen) atoms. The molecule has 3 amide bonds. The molecule has 2 aromatic rings. The van der Waals surface area contributed by atoms with E-state index in [1.54, 1.807) is 0 Å². The predicted molar refractivity (Wildman–Crippen MR) is 92.9 cm³/mol. The zero-order valence-corrected chi connectivity index (χ0v) is 13.8. The van der Waals surface area contributed by atoms with Crippen molar-refractivity contribution in [3.8, 4) is 0 Å². The van der Waals surface area contributed by atoms with E-state index in [-0.39, 0.29) is 24.5 Å². The first-order valence-corrected chi connectivity index (χ1v) is 8.15. The van der Waals surface area contributed by atoms with Crippen LogP contribution in [0.5, 0.6) is 0 Å². The van der Waals surface area contributed by atoms with Gasteiger partial charge >= 0.3 is 6.03 Å². The summed E-state index contributed by atoms with van der Waals surface area (Å²) in [5, 5.41) is 6.55. The number of halogens is 1. The summed E-state index contributed by atoms with van der Waals surface area (Å²) in [5.74, 6) is -0.236. The number of benzene rings is 2. The van der Waals surface area contributed by atoms with E-state index in [0.717, 1.165) is 11.1 Å². The Balaban J connectivity index is 1.76. The van der Waals surface area contributed by atoms with Crippen molar-refractivity contribution in [2.45, 2.75) is 6.04 Å². The van der Waals surface area contributed by atoms with E-state index in [0.29, 0.717) is 18.1 Å². The monoisotopic (exact) mass is 343 g/mol. The van der Waals surface area contributed by atoms with Gasteiger partial charge in [-0.1, -0.05) is 54.1 Å². The molecule has 0 aliphatic carbocycles. The van der Waals surface area contributed by atoms with E-state index in [4.69, 9.17) is 11.6 Å². The van der Waals surface area contributed by atoms with Gasteiger partial charge in [0.05, 0.1) is 12.6 Å². The smallest absolute Gasteiger partial charge is 0.324 e. The predicted octanol–water partition coefficient (Wildman–Crippen LogP) is 2.57. The molecule has 0 spiro atoms. The summed E-state index contributed by atoms with van der Waals surface area (Å²) in [6, 6.07) is 16.9. The molecule has 0 aromatic heterocycles. The van der Waals surface area contributed by atoms with Crippen molar-refractivity contribution >= 4 is 23.5 Å². The summed E-state index contributed by atoms with van der Waals surface area (Å²) in [6.07, 6.45) is 0. The van der Waals surface area contributed by atoms with Gasteiger partial charge in [0.2, 0.25) is 5.91 Å². The minimum absolute atomic E-state index is 0.0790. The summed E-state index contributed by atoms with van der Waals surface area (Å²) < 4.78 is 0. The Morgan fingerprint density at radius 3 is 2.42 bits per heavy atom. The van der Waals surface area contributed by atoms with Crippen LogP contribution in [0.25, 0.3) is 0 Å². The maximum absolute atomic E-state index is 12.3. The van der Waals surface area contributed by atoms with E-state index in [1.165, 1.54) is 4.90 Å². The van der Waals surface area contributed by atoms with Gasteiger partial charge in [0, 0.05) is 18.1 Å². The molecule has 3 rings (SSSR count). The Labute approximate surface area is 145 Å². The molecule has 1 fully saturated rings. The van der Waals surface area contributed by atoms with Crippen LogP contribution < -0.4 is 10.6 Å². The molecule has 0 bridgehead atoms. The topological polar surface area (TPSA) is 61.4 Å². The van der Waals surface area contributed by atoms with Crippen molar-refractivity contribution < 1.29 is 9.59 Å². The summed E-state index contributed by atoms with van der Waals surface area (Å²) >= 11 is 5.97. The van der Waals surface area contributed by atoms with Gasteiger partial charge in [-0.05, 0) is 23.3 Å². The molecule has 6 heteroatoms. The molecular weight excluding hydrogens is 326 g/mol. The molecule has 1 aliphatic heterocycles. The number of hydrogen-bond donors (Lipinski definition) is 2. The van der Waals surface area contributed by atoms with E-state index >= 15 is 0 Å². The number of hydrogen-bond acceptors (Lipinski definition) is 3. The molecule has 2 N–H and O–H groups in total. The maximum Gasteiger partial charge on any atom is 0.324 e. The van der Waals surface area contributed by atoms with Crippen LogP contribution in [0.2, 0.25) is 5.02 Å². The van der Waals surface area contributed by atoms with Crippen molar-refractivity contribution in [3.63, 3.8) is 0 Å². The highest BCUT2D eigenvalue weighted by Gasteiger charge is 2.26. The quantitative estimate of drug-likeness (QED) is 0.877. The fraction of sp³-hybridized carbons (Fsp3) is 0.222. The highest BCUT2D eigenvalue weighted by atomic mass is 35.5. The summed E-state index contributed by atoms with van der Waals surface area (Å²) in [6.45, 7) is 0.996. The minimum Gasteiger partial charge on any atom is -0.336 e. The van der Waals surface area contributed by atoms with Gasteiger partial charge in [0.1, 0.15) is 0 Å². The minimum atomic E-state index is -0.329. The number of rotatable bonds is 5. The molecule has 0 unspecified atom stereocenters. The molecule has 1 aliphatic rings. The summed E-state index contributed by atoms with van der Waals surface area (Å²) in [5.41, 5.74) is 2.04. The lowest BCUT2D eigenvalue weighted by atomic mass is 9.99. The van der Waals surface area contributed by atoms with E-state index in [1.807, 2.05) is 54.6 Å². The number of carbonyl (C=O) groups is 2. The molecule has 124 valence electrons. The number of carbonyl (C=O) groups excluding carboxylic acids is 2. The van der Waals surface area contributed by atoms with Crippen LogP contribution in [0.3, 0.4) is 0 Å². The third-order valence-corrected chi connectivity index (χ3v) is 4.20. The van der Waals surface area contributed by atoms with Crippen molar-refractivity contribution in [1.82, 2.24) is 15.5 Å². The maximum atomic E-state index is 12.3. The van der Waals surface area contributed by atoms with Gasteiger partial charge in [-0.15, -0.1) is 0 Å². The summed E-state index contributed by atoms with van der Waals surface area (Å²) in [7, 11) is 0. The van der Waals surface area contributed by atoms with Crippen molar-refractivity contribution in [2.24, 2.45) is 0 Å². The fourth-order valence-corrected chi connectivity index (χ4v) is 2.85. The average Bonchev–Trinajstić information content (AvgIpc) is 3.03. The number of nitrogens with zero attached hydrogens (tertiary/aromatic N) is 1. The van der Waals surface area contributed by atoms with Gasteiger partial charge in [-0.3, -0.25) is 15.0 Å². The first-order valence-electron chi connectivity index (χ1n) is 7.77. The fourth-order valence-electron chi connectivity index (χ4n) is 2.72. The highest BCUT2D eigenvalue weighted by Crippen LogP contribution is 2.23. The van der Waals surface area contributed by atoms with Crippen molar-refractivity contribution in [3.05, 3.63) is 70.7 Å². The van der Waals surface area contributed by atoms with Gasteiger partial charge in [-0.2, -0.15) is 0 Å². The lowest BCUT2D eigenvalue weighted by Gasteiger charge is -2.21. The van der Waals surface area contributed by atoms with Crippen LogP contribution in [-0.2, 0) is 4.79 Å². The van der Waals surface area contributed by atoms with E-state index < -0.39 is 0 Å². The van der Waals surface area contributed by atoms with Crippen LogP contribution in [0, 0.1) is 0 Å². The van der Waals surface area contributed by atoms with Gasteiger partial charge in [0.25, 0.3) is 0 Å². The highest BCUT2D eigenvalue weighted by molar-refractivity contribution is 6.30. The molecule has 5 nitrogen and oxygen atoms in total. The second-order valence-electron chi connectivity index (χ2n) is 5.55. The van der Waals surface area contributed by atoms with Crippen LogP contribution in [-0.4, -0.2) is 36.5 Å². The molecule has 0 radical (unpaired) electrons. The standard InChI is InChI=1S/C18H18ClN3O2/c19-15-8-6-14(7-9-15)17(13-4-2-1-3-5-13)21-12-16(23)22-11-10-20-18(22)24/h1-9,17,21H,10-12H2,(H,20,24)/t17-/m0/s1. The van der Waals surface area contributed by atoms with Crippen molar-refractivity contribution in [2.75, 3.05) is 19.6 Å². The first-order chi connectivity index (χ1) is 11.6. The average molecular weight is 344 g/mol. The zero-order valence-electron chi connectivity index (χ0n) is 13.0. The molecule has 1 saturated heterocycles. The second kappa shape index (κ2) is 7.47. The number of imide groups is 1. The normalized spacial score (nSPS) is 15.2. The van der Waals surface area contributed by atoms with Gasteiger partial charge < -0.3 is 5.32 Å². The Kier molecular flexibility index (Phi) is 5.13. The van der Waals surface area contributed by atoms with Crippen LogP contribution in [0.1, 0.15) is 17.2 Å². The Hall–Kier alpha value is -2.37. The number of amides is 3. The number of nitrogens with one attached hydrogen (secondary N) is 2. The first kappa shape index (κ1) is 16.5. The molecule has 1 atom stereocenters. The van der Waals surface area contributed by atoms with Gasteiger partial charge in [0.15, 0.2) is 0 Å². The molecule has 0 saturated carbocycles. The third kappa shape index (κ3) is 3.75. The largest absolute Gasteiger partial charge is 0.336 e. The van der Waals surface area contributed by atoms with Crippen LogP contribution >= 0.6 is 11.6 Å². The third-order valence-electron chi connectivity index (χ3n) is 3.95. The lowest BCUT2D eigenvalue weighted by Crippen LogP contribution is -2.41. The molecule has 2 aromatic carbocycles. The zero-order chi connectivity index (χ0) is 16.9. The van der Waals surface area contributed by atoms with Crippen LogP contribution in [0.4, 0.5) is 4.79 Å². The Bertz CT molecular complexity index is 719. The van der Waals surface area contributed by atoms with E-state index in [9.17, 15) is 9.59 Å². The number of urea groups is 1. The lowest BCUT2D eigenvalue weighted by molar-refractivity contribution is -0.126. The SMILES string of the molecule is O=C(CN[C@@H](c1ccccc1)c1ccc(Cl)cc1)N1CCNC1=O. The van der Waals surface area contributed by atoms with Crippen LogP contribution in [0.15, 0.2) is 54.6 Å². The molecular formula is C18H18ClN3O2. The Morgan fingerprint density at radius 1 is 1.12 bits per heavy atom. The second-order valence-corrected chi connectivity index (χ2v) is 5.99.